The fourth-order valence-corrected chi connectivity index (χ4v) is 2.15. The summed E-state index contributed by atoms with van der Waals surface area (Å²) in [5, 5.41) is 2.98. The first-order chi connectivity index (χ1) is 10.2. The van der Waals surface area contributed by atoms with Gasteiger partial charge in [0.2, 0.25) is 5.91 Å². The maximum Gasteiger partial charge on any atom is 0.224 e. The smallest absolute Gasteiger partial charge is 0.224 e. The highest BCUT2D eigenvalue weighted by Crippen LogP contribution is 2.04. The van der Waals surface area contributed by atoms with E-state index in [9.17, 15) is 4.79 Å². The molecule has 0 saturated heterocycles. The molecule has 3 nitrogen and oxygen atoms in total. The third-order valence-corrected chi connectivity index (χ3v) is 3.30. The number of unbranched alkanes of at least 4 members (excludes halogenated alkanes) is 4. The lowest BCUT2D eigenvalue weighted by atomic mass is 10.1. The molecule has 21 heavy (non-hydrogen) atoms. The first-order valence-electron chi connectivity index (χ1n) is 8.10. The van der Waals surface area contributed by atoms with Crippen molar-refractivity contribution in [2.24, 2.45) is 0 Å². The van der Waals surface area contributed by atoms with Gasteiger partial charge in [0.15, 0.2) is 0 Å². The molecule has 1 amide bonds. The molecule has 0 heterocycles. The van der Waals surface area contributed by atoms with Crippen molar-refractivity contribution in [1.29, 1.82) is 0 Å². The van der Waals surface area contributed by atoms with Crippen molar-refractivity contribution < 1.29 is 9.53 Å². The number of nitrogens with one attached hydrogen (secondary N) is 1. The zero-order valence-corrected chi connectivity index (χ0v) is 13.4. The maximum atomic E-state index is 11.7. The van der Waals surface area contributed by atoms with Gasteiger partial charge in [0.05, 0.1) is 12.5 Å². The van der Waals surface area contributed by atoms with Gasteiger partial charge in [-0.2, -0.15) is 0 Å². The average Bonchev–Trinajstić information content (AvgIpc) is 2.46. The number of carbonyl (C=O) groups is 1. The molecule has 1 aromatic carbocycles. The van der Waals surface area contributed by atoms with Crippen LogP contribution in [0.3, 0.4) is 0 Å². The molecule has 0 atom stereocenters. The van der Waals surface area contributed by atoms with Crippen LogP contribution in [-0.4, -0.2) is 25.2 Å². The summed E-state index contributed by atoms with van der Waals surface area (Å²) >= 11 is 0. The monoisotopic (exact) mass is 291 g/mol. The molecule has 0 saturated carbocycles. The summed E-state index contributed by atoms with van der Waals surface area (Å²) in [7, 11) is 0. The minimum Gasteiger partial charge on any atom is -0.379 e. The zero-order valence-electron chi connectivity index (χ0n) is 13.4. The van der Waals surface area contributed by atoms with Crippen LogP contribution in [0.2, 0.25) is 0 Å². The minimum absolute atomic E-state index is 0.117. The molecule has 0 aliphatic heterocycles. The molecular weight excluding hydrogens is 262 g/mol. The Morgan fingerprint density at radius 3 is 2.43 bits per heavy atom. The van der Waals surface area contributed by atoms with Crippen LogP contribution < -0.4 is 5.32 Å². The third kappa shape index (κ3) is 10.1. The Labute approximate surface area is 129 Å². The number of hydrogen-bond acceptors (Lipinski definition) is 2. The summed E-state index contributed by atoms with van der Waals surface area (Å²) in [5.41, 5.74) is 1.07. The Balaban J connectivity index is 1.91. The van der Waals surface area contributed by atoms with Gasteiger partial charge in [0, 0.05) is 13.2 Å². The maximum absolute atomic E-state index is 11.7. The summed E-state index contributed by atoms with van der Waals surface area (Å²) < 4.78 is 5.50. The Hall–Kier alpha value is -1.35. The molecule has 0 bridgehead atoms. The molecule has 0 unspecified atom stereocenters. The van der Waals surface area contributed by atoms with Crippen molar-refractivity contribution in [3.05, 3.63) is 35.9 Å². The van der Waals surface area contributed by atoms with Crippen molar-refractivity contribution >= 4 is 5.91 Å². The Morgan fingerprint density at radius 2 is 1.71 bits per heavy atom. The molecule has 0 aliphatic carbocycles. The van der Waals surface area contributed by atoms with Gasteiger partial charge in [-0.1, -0.05) is 49.6 Å². The molecule has 0 spiro atoms. The number of amides is 1. The molecule has 0 aliphatic rings. The summed E-state index contributed by atoms with van der Waals surface area (Å²) in [4.78, 5) is 11.7. The highest BCUT2D eigenvalue weighted by atomic mass is 16.5. The van der Waals surface area contributed by atoms with E-state index in [-0.39, 0.29) is 5.91 Å². The van der Waals surface area contributed by atoms with Crippen LogP contribution in [0.15, 0.2) is 30.3 Å². The normalized spacial score (nSPS) is 10.8. The lowest BCUT2D eigenvalue weighted by Gasteiger charge is -2.07. The van der Waals surface area contributed by atoms with Crippen LogP contribution in [0.4, 0.5) is 0 Å². The fourth-order valence-electron chi connectivity index (χ4n) is 2.15. The minimum atomic E-state index is 0.117. The number of ether oxygens (including phenoxy) is 1. The van der Waals surface area contributed by atoms with Crippen molar-refractivity contribution in [3.63, 3.8) is 0 Å². The summed E-state index contributed by atoms with van der Waals surface area (Å²) in [5.74, 6) is 0.117. The van der Waals surface area contributed by atoms with Crippen LogP contribution in [0, 0.1) is 0 Å². The van der Waals surface area contributed by atoms with Crippen molar-refractivity contribution in [3.8, 4) is 0 Å². The van der Waals surface area contributed by atoms with Crippen molar-refractivity contribution in [1.82, 2.24) is 5.32 Å². The van der Waals surface area contributed by atoms with Crippen LogP contribution in [0.5, 0.6) is 0 Å². The van der Waals surface area contributed by atoms with E-state index in [1.807, 2.05) is 30.3 Å². The van der Waals surface area contributed by atoms with Gasteiger partial charge in [-0.25, -0.2) is 0 Å². The number of rotatable bonds is 11. The Bertz CT molecular complexity index is 376. The van der Waals surface area contributed by atoms with Crippen LogP contribution in [-0.2, 0) is 16.0 Å². The molecule has 1 N–H and O–H groups in total. The quantitative estimate of drug-likeness (QED) is 0.631. The first kappa shape index (κ1) is 17.7. The van der Waals surface area contributed by atoms with Crippen molar-refractivity contribution in [2.45, 2.75) is 58.5 Å². The second-order valence-electron chi connectivity index (χ2n) is 5.70. The van der Waals surface area contributed by atoms with Crippen molar-refractivity contribution in [2.75, 3.05) is 13.2 Å². The Kier molecular flexibility index (Phi) is 9.55. The van der Waals surface area contributed by atoms with Gasteiger partial charge < -0.3 is 10.1 Å². The summed E-state index contributed by atoms with van der Waals surface area (Å²) in [6, 6.07) is 9.86. The Morgan fingerprint density at radius 1 is 1.05 bits per heavy atom. The summed E-state index contributed by atoms with van der Waals surface area (Å²) in [6.07, 6.45) is 6.62. The summed E-state index contributed by atoms with van der Waals surface area (Å²) in [6.45, 7) is 5.79. The van der Waals surface area contributed by atoms with E-state index in [4.69, 9.17) is 4.74 Å². The van der Waals surface area contributed by atoms with E-state index in [1.165, 1.54) is 19.3 Å². The van der Waals surface area contributed by atoms with Gasteiger partial charge in [0.1, 0.15) is 0 Å². The van der Waals surface area contributed by atoms with Gasteiger partial charge in [0.25, 0.3) is 0 Å². The van der Waals surface area contributed by atoms with Crippen LogP contribution >= 0.6 is 0 Å². The molecule has 0 fully saturated rings. The highest BCUT2D eigenvalue weighted by molar-refractivity contribution is 5.78. The van der Waals surface area contributed by atoms with Gasteiger partial charge in [-0.15, -0.1) is 0 Å². The lowest BCUT2D eigenvalue weighted by molar-refractivity contribution is -0.120. The second kappa shape index (κ2) is 11.3. The number of hydrogen-bond donors (Lipinski definition) is 1. The van der Waals surface area contributed by atoms with Gasteiger partial charge >= 0.3 is 0 Å². The van der Waals surface area contributed by atoms with E-state index < -0.39 is 0 Å². The van der Waals surface area contributed by atoms with Gasteiger partial charge in [-0.05, 0) is 32.3 Å². The van der Waals surface area contributed by atoms with E-state index >= 15 is 0 Å². The predicted molar refractivity (Wildman–Crippen MR) is 87.3 cm³/mol. The van der Waals surface area contributed by atoms with E-state index in [1.54, 1.807) is 0 Å². The van der Waals surface area contributed by atoms with E-state index in [0.717, 1.165) is 31.6 Å². The number of benzene rings is 1. The molecular formula is C18H29NO2. The highest BCUT2D eigenvalue weighted by Gasteiger charge is 2.01. The topological polar surface area (TPSA) is 38.3 Å². The van der Waals surface area contributed by atoms with Gasteiger partial charge in [-0.3, -0.25) is 4.79 Å². The molecule has 118 valence electrons. The van der Waals surface area contributed by atoms with E-state index in [0.29, 0.717) is 12.5 Å². The molecule has 1 aromatic rings. The molecule has 3 heteroatoms. The lowest BCUT2D eigenvalue weighted by Crippen LogP contribution is -2.26. The predicted octanol–water partition coefficient (Wildman–Crippen LogP) is 3.72. The zero-order chi connectivity index (χ0) is 15.3. The van der Waals surface area contributed by atoms with Crippen LogP contribution in [0.1, 0.15) is 51.5 Å². The second-order valence-corrected chi connectivity index (χ2v) is 5.70. The molecule has 0 radical (unpaired) electrons. The molecule has 0 aromatic heterocycles. The molecule has 1 rings (SSSR count). The van der Waals surface area contributed by atoms with E-state index in [2.05, 4.69) is 19.2 Å². The largest absolute Gasteiger partial charge is 0.379 e. The van der Waals surface area contributed by atoms with Crippen LogP contribution in [0.25, 0.3) is 0 Å². The fraction of sp³-hybridized carbons (Fsp3) is 0.611. The standard InChI is InChI=1S/C18H29NO2/c1-16(2)21-14-10-5-3-4-9-13-19-18(20)15-17-11-7-6-8-12-17/h6-8,11-12,16H,3-5,9-10,13-15H2,1-2H3,(H,19,20). The number of carbonyl (C=O) groups excluding carboxylic acids is 1. The average molecular weight is 291 g/mol. The third-order valence-electron chi connectivity index (χ3n) is 3.30. The SMILES string of the molecule is CC(C)OCCCCCCCNC(=O)Cc1ccccc1. The first-order valence-corrected chi connectivity index (χ1v) is 8.10.